The highest BCUT2D eigenvalue weighted by molar-refractivity contribution is 6.00. The molecule has 24 nitrogen and oxygen atoms in total. The van der Waals surface area contributed by atoms with Crippen molar-refractivity contribution in [2.75, 3.05) is 26.3 Å². The average molecular weight is 1030 g/mol. The molecule has 3 unspecified atom stereocenters. The number of hydrogen-bond acceptors (Lipinski definition) is 17. The van der Waals surface area contributed by atoms with Crippen molar-refractivity contribution < 1.29 is 84.3 Å². The lowest BCUT2D eigenvalue weighted by Crippen LogP contribution is -2.64. The highest BCUT2D eigenvalue weighted by Gasteiger charge is 2.49. The van der Waals surface area contributed by atoms with E-state index in [1.54, 1.807) is 12.1 Å². The molecular formula is C49H73N7O17. The largest absolute Gasteiger partial charge is 0.508 e. The SMILES string of the molecule is CCCCCCCCOc1ccc(C(=O)NC(C[C@@H](O)CO)C(=O)N[C@H](C(=O)N2C[C@H](O)C[C@H]2C(=O)N[C@H](C(=O)N[C@H](C(=O)N2C[C@H](C)[C@H](O)[C@H]2C(N)=O)C(C)O)[C@H](O)[C@@H](O)c2ccc(O)cc2)C(C)O)cc1. The number of aromatic hydroxyl groups is 1. The second kappa shape index (κ2) is 27.9. The monoisotopic (exact) mass is 1030 g/mol. The van der Waals surface area contributed by atoms with E-state index >= 15 is 0 Å². The van der Waals surface area contributed by atoms with Gasteiger partial charge in [0.15, 0.2) is 0 Å². The fourth-order valence-electron chi connectivity index (χ4n) is 8.71. The summed E-state index contributed by atoms with van der Waals surface area (Å²) in [7, 11) is 0. The lowest BCUT2D eigenvalue weighted by atomic mass is 9.96. The summed E-state index contributed by atoms with van der Waals surface area (Å²) in [6.45, 7) is 4.74. The van der Waals surface area contributed by atoms with Gasteiger partial charge in [0.1, 0.15) is 60.0 Å². The van der Waals surface area contributed by atoms with Crippen molar-refractivity contribution in [3.63, 3.8) is 0 Å². The normalized spacial score (nSPS) is 22.4. The molecule has 2 aromatic rings. The van der Waals surface area contributed by atoms with Crippen LogP contribution in [0.3, 0.4) is 0 Å². The van der Waals surface area contributed by atoms with Crippen LogP contribution in [0, 0.1) is 5.92 Å². The van der Waals surface area contributed by atoms with E-state index in [4.69, 9.17) is 10.5 Å². The van der Waals surface area contributed by atoms with E-state index in [0.717, 1.165) is 67.9 Å². The lowest BCUT2D eigenvalue weighted by Gasteiger charge is -2.34. The number of benzene rings is 2. The molecular weight excluding hydrogens is 959 g/mol. The fraction of sp³-hybridized carbons (Fsp3) is 0.612. The quantitative estimate of drug-likeness (QED) is 0.0395. The Morgan fingerprint density at radius 1 is 0.740 bits per heavy atom. The van der Waals surface area contributed by atoms with E-state index < -0.39 is 152 Å². The van der Waals surface area contributed by atoms with Gasteiger partial charge in [-0.25, -0.2) is 0 Å². The molecule has 0 spiro atoms. The Labute approximate surface area is 422 Å². The van der Waals surface area contributed by atoms with E-state index in [-0.39, 0.29) is 23.4 Å². The van der Waals surface area contributed by atoms with Gasteiger partial charge in [0, 0.05) is 37.4 Å². The maximum atomic E-state index is 14.3. The van der Waals surface area contributed by atoms with E-state index in [1.807, 2.05) is 0 Å². The van der Waals surface area contributed by atoms with Crippen molar-refractivity contribution in [1.82, 2.24) is 31.1 Å². The first-order chi connectivity index (χ1) is 34.5. The highest BCUT2D eigenvalue weighted by atomic mass is 16.5. The number of carbonyl (C=O) groups excluding carboxylic acids is 7. The minimum absolute atomic E-state index is 0.0731. The second-order valence-electron chi connectivity index (χ2n) is 18.9. The number of likely N-dealkylation sites (tertiary alicyclic amines) is 2. The first-order valence-corrected chi connectivity index (χ1v) is 24.5. The first kappa shape index (κ1) is 59.6. The van der Waals surface area contributed by atoms with E-state index in [2.05, 4.69) is 28.2 Å². The lowest BCUT2D eigenvalue weighted by molar-refractivity contribution is -0.147. The molecule has 0 radical (unpaired) electrons. The Kier molecular flexibility index (Phi) is 22.8. The molecule has 2 saturated heterocycles. The van der Waals surface area contributed by atoms with Gasteiger partial charge < -0.3 is 87.5 Å². The maximum absolute atomic E-state index is 14.3. The zero-order valence-electron chi connectivity index (χ0n) is 41.4. The summed E-state index contributed by atoms with van der Waals surface area (Å²) >= 11 is 0. The van der Waals surface area contributed by atoms with Gasteiger partial charge in [-0.3, -0.25) is 33.6 Å². The number of phenolic OH excluding ortho intramolecular Hbond substituents is 1. The maximum Gasteiger partial charge on any atom is 0.251 e. The molecule has 2 aliphatic rings. The van der Waals surface area contributed by atoms with Gasteiger partial charge in [-0.15, -0.1) is 0 Å². The Hall–Kier alpha value is -5.99. The molecule has 0 aromatic heterocycles. The number of amides is 7. The third-order valence-electron chi connectivity index (χ3n) is 13.0. The number of nitrogens with one attached hydrogen (secondary N) is 4. The molecule has 73 heavy (non-hydrogen) atoms. The molecule has 2 fully saturated rings. The van der Waals surface area contributed by atoms with Crippen LogP contribution in [0.2, 0.25) is 0 Å². The van der Waals surface area contributed by atoms with Crippen LogP contribution in [-0.4, -0.2) is 196 Å². The molecule has 24 heteroatoms. The third kappa shape index (κ3) is 16.3. The summed E-state index contributed by atoms with van der Waals surface area (Å²) in [5.74, 6) is -8.23. The van der Waals surface area contributed by atoms with E-state index in [9.17, 15) is 79.5 Å². The van der Waals surface area contributed by atoms with Crippen LogP contribution in [0.15, 0.2) is 48.5 Å². The van der Waals surface area contributed by atoms with Crippen LogP contribution in [-0.2, 0) is 28.8 Å². The zero-order valence-corrected chi connectivity index (χ0v) is 41.4. The van der Waals surface area contributed by atoms with Gasteiger partial charge in [0.25, 0.3) is 5.91 Å². The molecule has 0 aliphatic carbocycles. The van der Waals surface area contributed by atoms with Crippen LogP contribution in [0.25, 0.3) is 0 Å². The summed E-state index contributed by atoms with van der Waals surface area (Å²) in [4.78, 5) is 97.8. The molecule has 0 saturated carbocycles. The van der Waals surface area contributed by atoms with Crippen molar-refractivity contribution in [2.45, 2.75) is 158 Å². The van der Waals surface area contributed by atoms with Gasteiger partial charge in [-0.1, -0.05) is 58.1 Å². The number of nitrogens with two attached hydrogens (primary N) is 1. The number of aliphatic hydroxyl groups excluding tert-OH is 8. The number of carbonyl (C=O) groups is 7. The summed E-state index contributed by atoms with van der Waals surface area (Å²) in [5.41, 5.74) is 5.49. The van der Waals surface area contributed by atoms with Gasteiger partial charge in [-0.05, 0) is 62.2 Å². The number of β-amino-alcohol motifs (C(OH)–C–C–N with tert-alkyl or cyclic N) is 1. The standard InChI is InChI=1S/C49H73N7O17/c1-5-6-7-8-9-10-19-73-33-17-13-29(14-18-33)44(67)51-34(20-32(62)24-57)45(68)52-36(26(3)58)48(71)55-23-31(61)21-35(55)46(69)54-38(42(65)41(64)28-11-15-30(60)16-12-28)47(70)53-37(27(4)59)49(72)56-22-25(2)40(63)39(56)43(50)66/h11-18,25-27,31-32,34-42,57-65H,5-10,19-24H2,1-4H3,(H2,50,66)(H,51,67)(H,52,68)(H,53,70)(H,54,69)/t25-,26?,27?,31+,32+,34?,35-,36-,37-,38-,39-,40-,41-,42-/m0/s1. The van der Waals surface area contributed by atoms with Crippen LogP contribution in [0.1, 0.15) is 101 Å². The number of rotatable bonds is 27. The summed E-state index contributed by atoms with van der Waals surface area (Å²) in [6.07, 6.45) is -6.72. The Morgan fingerprint density at radius 3 is 1.89 bits per heavy atom. The predicted molar refractivity (Wildman–Crippen MR) is 258 cm³/mol. The van der Waals surface area contributed by atoms with Crippen molar-refractivity contribution in [3.05, 3.63) is 59.7 Å². The number of phenols is 1. The molecule has 4 rings (SSSR count). The number of nitrogens with zero attached hydrogens (tertiary/aromatic N) is 2. The fourth-order valence-corrected chi connectivity index (χ4v) is 8.71. The van der Waals surface area contributed by atoms with Gasteiger partial charge in [-0.2, -0.15) is 0 Å². The first-order valence-electron chi connectivity index (χ1n) is 24.5. The van der Waals surface area contributed by atoms with Gasteiger partial charge in [0.05, 0.1) is 43.7 Å². The Bertz CT molecular complexity index is 2170. The van der Waals surface area contributed by atoms with Crippen LogP contribution < -0.4 is 31.7 Å². The molecule has 14 atom stereocenters. The van der Waals surface area contributed by atoms with Crippen molar-refractivity contribution in [1.29, 1.82) is 0 Å². The molecule has 2 aliphatic heterocycles. The molecule has 15 N–H and O–H groups in total. The minimum Gasteiger partial charge on any atom is -0.508 e. The predicted octanol–water partition coefficient (Wildman–Crippen LogP) is -3.06. The summed E-state index contributed by atoms with van der Waals surface area (Å²) in [5, 5.41) is 105. The highest BCUT2D eigenvalue weighted by Crippen LogP contribution is 2.27. The van der Waals surface area contributed by atoms with E-state index in [1.165, 1.54) is 37.6 Å². The topological polar surface area (TPSA) is 391 Å². The molecule has 2 heterocycles. The molecule has 0 bridgehead atoms. The van der Waals surface area contributed by atoms with Crippen molar-refractivity contribution in [2.24, 2.45) is 11.7 Å². The molecule has 2 aromatic carbocycles. The number of ether oxygens (including phenoxy) is 1. The third-order valence-corrected chi connectivity index (χ3v) is 13.0. The smallest absolute Gasteiger partial charge is 0.251 e. The van der Waals surface area contributed by atoms with Crippen LogP contribution in [0.4, 0.5) is 0 Å². The van der Waals surface area contributed by atoms with Crippen molar-refractivity contribution in [3.8, 4) is 11.5 Å². The Morgan fingerprint density at radius 2 is 1.32 bits per heavy atom. The Balaban J connectivity index is 1.55. The molecule has 7 amide bonds. The number of unbranched alkanes of at least 4 members (excludes halogenated alkanes) is 5. The average Bonchev–Trinajstić information content (AvgIpc) is 3.90. The summed E-state index contributed by atoms with van der Waals surface area (Å²) < 4.78 is 5.78. The van der Waals surface area contributed by atoms with Crippen molar-refractivity contribution >= 4 is 41.4 Å². The number of aliphatic hydroxyl groups is 8. The van der Waals surface area contributed by atoms with Crippen LogP contribution in [0.5, 0.6) is 11.5 Å². The van der Waals surface area contributed by atoms with Gasteiger partial charge in [0.2, 0.25) is 35.4 Å². The molecule has 406 valence electrons. The van der Waals surface area contributed by atoms with Crippen LogP contribution >= 0.6 is 0 Å². The number of hydrogen-bond donors (Lipinski definition) is 14. The van der Waals surface area contributed by atoms with Gasteiger partial charge >= 0.3 is 0 Å². The van der Waals surface area contributed by atoms with E-state index in [0.29, 0.717) is 12.4 Å². The minimum atomic E-state index is -2.28. The number of primary amides is 1. The summed E-state index contributed by atoms with van der Waals surface area (Å²) in [6, 6.07) is -0.206. The zero-order chi connectivity index (χ0) is 54.3. The second-order valence-corrected chi connectivity index (χ2v) is 18.9.